The second kappa shape index (κ2) is 5.65. The third-order valence-electron chi connectivity index (χ3n) is 3.09. The number of ether oxygens (including phenoxy) is 1. The number of aromatic amines is 1. The van der Waals surface area contributed by atoms with Gasteiger partial charge >= 0.3 is 0 Å². The highest BCUT2D eigenvalue weighted by Crippen LogP contribution is 2.30. The average molecular weight is 300 g/mol. The van der Waals surface area contributed by atoms with Gasteiger partial charge in [-0.25, -0.2) is 9.97 Å². The Kier molecular flexibility index (Phi) is 3.70. The van der Waals surface area contributed by atoms with Crippen LogP contribution in [-0.4, -0.2) is 36.2 Å². The van der Waals surface area contributed by atoms with E-state index in [1.807, 2.05) is 38.4 Å². The summed E-state index contributed by atoms with van der Waals surface area (Å²) in [6.45, 7) is 0. The number of nitrogens with one attached hydrogen (secondary N) is 1. The molecule has 2 heterocycles. The number of para-hydroxylation sites is 1. The molecular weight excluding hydrogens is 284 g/mol. The van der Waals surface area contributed by atoms with Crippen LogP contribution < -0.4 is 9.64 Å². The molecule has 108 valence electrons. The Bertz CT molecular complexity index is 769. The molecule has 0 aliphatic carbocycles. The molecule has 0 saturated heterocycles. The lowest BCUT2D eigenvalue weighted by Crippen LogP contribution is -2.08. The van der Waals surface area contributed by atoms with Crippen LogP contribution in [0, 0.1) is 0 Å². The Labute approximate surface area is 127 Å². The van der Waals surface area contributed by atoms with Gasteiger partial charge in [-0.3, -0.25) is 0 Å². The summed E-state index contributed by atoms with van der Waals surface area (Å²) in [4.78, 5) is 14.4. The number of rotatable bonds is 4. The van der Waals surface area contributed by atoms with Crippen LogP contribution in [0.2, 0.25) is 0 Å². The minimum absolute atomic E-state index is 0.789. The van der Waals surface area contributed by atoms with Crippen LogP contribution in [0.5, 0.6) is 5.75 Å². The van der Waals surface area contributed by atoms with Gasteiger partial charge in [-0.05, 0) is 30.0 Å². The van der Waals surface area contributed by atoms with Crippen LogP contribution in [0.3, 0.4) is 0 Å². The molecule has 2 aromatic heterocycles. The van der Waals surface area contributed by atoms with E-state index in [0.717, 1.165) is 32.7 Å². The van der Waals surface area contributed by atoms with Crippen molar-refractivity contribution in [2.45, 2.75) is 10.2 Å². The van der Waals surface area contributed by atoms with Gasteiger partial charge in [0.25, 0.3) is 0 Å². The van der Waals surface area contributed by atoms with E-state index in [2.05, 4.69) is 25.9 Å². The lowest BCUT2D eigenvalue weighted by Gasteiger charge is -2.11. The van der Waals surface area contributed by atoms with Crippen molar-refractivity contribution in [1.29, 1.82) is 0 Å². The first kappa shape index (κ1) is 13.8. The second-order valence-corrected chi connectivity index (χ2v) is 5.75. The van der Waals surface area contributed by atoms with E-state index >= 15 is 0 Å². The monoisotopic (exact) mass is 300 g/mol. The molecule has 0 fully saturated rings. The van der Waals surface area contributed by atoms with Crippen molar-refractivity contribution in [2.24, 2.45) is 0 Å². The summed E-state index contributed by atoms with van der Waals surface area (Å²) in [6, 6.07) is 9.82. The summed E-state index contributed by atoms with van der Waals surface area (Å²) in [5.41, 5.74) is 3.08. The van der Waals surface area contributed by atoms with Crippen molar-refractivity contribution >= 4 is 28.5 Å². The van der Waals surface area contributed by atoms with Crippen molar-refractivity contribution in [3.05, 3.63) is 36.5 Å². The van der Waals surface area contributed by atoms with E-state index in [1.54, 1.807) is 13.3 Å². The number of benzene rings is 1. The van der Waals surface area contributed by atoms with Crippen LogP contribution in [0.1, 0.15) is 0 Å². The van der Waals surface area contributed by atoms with Gasteiger partial charge in [0, 0.05) is 26.4 Å². The molecule has 0 spiro atoms. The number of aromatic nitrogens is 3. The van der Waals surface area contributed by atoms with Gasteiger partial charge in [-0.1, -0.05) is 6.07 Å². The second-order valence-electron chi connectivity index (χ2n) is 4.75. The third kappa shape index (κ3) is 2.80. The zero-order chi connectivity index (χ0) is 14.8. The van der Waals surface area contributed by atoms with Crippen LogP contribution in [-0.2, 0) is 0 Å². The number of nitrogens with zero attached hydrogens (tertiary/aromatic N) is 3. The Morgan fingerprint density at radius 1 is 1.24 bits per heavy atom. The summed E-state index contributed by atoms with van der Waals surface area (Å²) in [6.07, 6.45) is 1.73. The lowest BCUT2D eigenvalue weighted by atomic mass is 10.2. The van der Waals surface area contributed by atoms with Gasteiger partial charge < -0.3 is 14.6 Å². The van der Waals surface area contributed by atoms with Gasteiger partial charge in [-0.15, -0.1) is 0 Å². The number of pyridine rings is 1. The molecule has 0 aliphatic rings. The molecule has 1 N–H and O–H groups in total. The lowest BCUT2D eigenvalue weighted by molar-refractivity contribution is 0.412. The number of anilines is 1. The van der Waals surface area contributed by atoms with Crippen molar-refractivity contribution < 1.29 is 4.74 Å². The minimum atomic E-state index is 0.789. The first-order valence-corrected chi connectivity index (χ1v) is 7.33. The highest BCUT2D eigenvalue weighted by molar-refractivity contribution is 7.99. The summed E-state index contributed by atoms with van der Waals surface area (Å²) in [7, 11) is 5.67. The quantitative estimate of drug-likeness (QED) is 0.802. The SMILES string of the molecule is COc1ccnc(Sc2nc3c(N(C)C)cccc3[nH]2)c1. The third-order valence-corrected chi connectivity index (χ3v) is 3.91. The minimum Gasteiger partial charge on any atom is -0.497 e. The predicted octanol–water partition coefficient (Wildman–Crippen LogP) is 3.18. The van der Waals surface area contributed by atoms with Crippen molar-refractivity contribution in [1.82, 2.24) is 15.0 Å². The molecule has 0 atom stereocenters. The Morgan fingerprint density at radius 2 is 2.10 bits per heavy atom. The molecule has 0 saturated carbocycles. The molecule has 21 heavy (non-hydrogen) atoms. The molecule has 0 radical (unpaired) electrons. The fraction of sp³-hybridized carbons (Fsp3) is 0.200. The molecule has 5 nitrogen and oxygen atoms in total. The van der Waals surface area contributed by atoms with Gasteiger partial charge in [0.05, 0.1) is 18.3 Å². The van der Waals surface area contributed by atoms with E-state index in [9.17, 15) is 0 Å². The number of fused-ring (bicyclic) bond motifs is 1. The van der Waals surface area contributed by atoms with Crippen LogP contribution in [0.25, 0.3) is 11.0 Å². The summed E-state index contributed by atoms with van der Waals surface area (Å²) >= 11 is 1.49. The van der Waals surface area contributed by atoms with Gasteiger partial charge in [0.1, 0.15) is 16.3 Å². The van der Waals surface area contributed by atoms with E-state index in [0.29, 0.717) is 0 Å². The van der Waals surface area contributed by atoms with Crippen LogP contribution >= 0.6 is 11.8 Å². The predicted molar refractivity (Wildman–Crippen MR) is 85.3 cm³/mol. The highest BCUT2D eigenvalue weighted by atomic mass is 32.2. The average Bonchev–Trinajstić information content (AvgIpc) is 2.89. The summed E-state index contributed by atoms with van der Waals surface area (Å²) in [5.74, 6) is 0.789. The summed E-state index contributed by atoms with van der Waals surface area (Å²) in [5, 5.41) is 1.67. The normalized spacial score (nSPS) is 10.8. The Hall–Kier alpha value is -2.21. The number of methoxy groups -OCH3 is 1. The van der Waals surface area contributed by atoms with Crippen molar-refractivity contribution in [2.75, 3.05) is 26.1 Å². The molecule has 0 unspecified atom stereocenters. The number of H-pyrrole nitrogens is 1. The first-order chi connectivity index (χ1) is 10.2. The van der Waals surface area contributed by atoms with E-state index in [-0.39, 0.29) is 0 Å². The van der Waals surface area contributed by atoms with Gasteiger partial charge in [-0.2, -0.15) is 0 Å². The highest BCUT2D eigenvalue weighted by Gasteiger charge is 2.10. The molecule has 3 rings (SSSR count). The zero-order valence-electron chi connectivity index (χ0n) is 12.1. The molecule has 0 amide bonds. The maximum atomic E-state index is 5.21. The van der Waals surface area contributed by atoms with Gasteiger partial charge in [0.15, 0.2) is 5.16 Å². The van der Waals surface area contributed by atoms with Gasteiger partial charge in [0.2, 0.25) is 0 Å². The fourth-order valence-corrected chi connectivity index (χ4v) is 2.86. The fourth-order valence-electron chi connectivity index (χ4n) is 2.08. The largest absolute Gasteiger partial charge is 0.497 e. The first-order valence-electron chi connectivity index (χ1n) is 6.51. The molecule has 0 bridgehead atoms. The molecule has 6 heteroatoms. The van der Waals surface area contributed by atoms with Crippen LogP contribution in [0.15, 0.2) is 46.7 Å². The smallest absolute Gasteiger partial charge is 0.172 e. The van der Waals surface area contributed by atoms with E-state index < -0.39 is 0 Å². The standard InChI is InChI=1S/C15H16N4OS/c1-19(2)12-6-4-5-11-14(12)18-15(17-11)21-13-9-10(20-3)7-8-16-13/h4-9H,1-3H3,(H,17,18). The maximum absolute atomic E-state index is 5.21. The van der Waals surface area contributed by atoms with E-state index in [1.165, 1.54) is 11.8 Å². The Balaban J connectivity index is 1.96. The maximum Gasteiger partial charge on any atom is 0.172 e. The topological polar surface area (TPSA) is 54.0 Å². The van der Waals surface area contributed by atoms with E-state index in [4.69, 9.17) is 4.74 Å². The molecule has 0 aliphatic heterocycles. The zero-order valence-corrected chi connectivity index (χ0v) is 12.9. The molecular formula is C15H16N4OS. The Morgan fingerprint density at radius 3 is 2.86 bits per heavy atom. The number of imidazole rings is 1. The van der Waals surface area contributed by atoms with Crippen molar-refractivity contribution in [3.8, 4) is 5.75 Å². The van der Waals surface area contributed by atoms with Crippen LogP contribution in [0.4, 0.5) is 5.69 Å². The van der Waals surface area contributed by atoms with Crippen molar-refractivity contribution in [3.63, 3.8) is 0 Å². The summed E-state index contributed by atoms with van der Waals surface area (Å²) < 4.78 is 5.21. The molecule has 1 aromatic carbocycles. The number of hydrogen-bond donors (Lipinski definition) is 1. The number of hydrogen-bond acceptors (Lipinski definition) is 5. The molecule has 3 aromatic rings.